The van der Waals surface area contributed by atoms with Crippen LogP contribution < -0.4 is 9.47 Å². The summed E-state index contributed by atoms with van der Waals surface area (Å²) in [7, 11) is 0. The second kappa shape index (κ2) is 14.0. The molecule has 2 fully saturated rings. The van der Waals surface area contributed by atoms with Crippen molar-refractivity contribution in [3.8, 4) is 11.5 Å². The Kier molecular flexibility index (Phi) is 10.5. The second-order valence-corrected chi connectivity index (χ2v) is 10.9. The molecule has 1 aliphatic carbocycles. The van der Waals surface area contributed by atoms with Crippen LogP contribution in [0.5, 0.6) is 11.5 Å². The number of ether oxygens (including phenoxy) is 4. The van der Waals surface area contributed by atoms with E-state index >= 15 is 0 Å². The summed E-state index contributed by atoms with van der Waals surface area (Å²) in [6.07, 6.45) is 7.34. The Morgan fingerprint density at radius 3 is 1.97 bits per heavy atom. The van der Waals surface area contributed by atoms with Gasteiger partial charge in [-0.3, -0.25) is 0 Å². The quantitative estimate of drug-likeness (QED) is 0.293. The minimum absolute atomic E-state index is 0.124. The first-order valence-electron chi connectivity index (χ1n) is 14.5. The van der Waals surface area contributed by atoms with Gasteiger partial charge in [0.1, 0.15) is 11.5 Å². The molecule has 2 atom stereocenters. The summed E-state index contributed by atoms with van der Waals surface area (Å²) in [6, 6.07) is 3.95. The molecule has 0 aromatic heterocycles. The summed E-state index contributed by atoms with van der Waals surface area (Å²) in [5.74, 6) is 0.946. The van der Waals surface area contributed by atoms with E-state index in [2.05, 4.69) is 26.5 Å². The fourth-order valence-corrected chi connectivity index (χ4v) is 5.59. The van der Waals surface area contributed by atoms with E-state index in [4.69, 9.17) is 18.9 Å². The van der Waals surface area contributed by atoms with Gasteiger partial charge in [-0.1, -0.05) is 43.6 Å². The summed E-state index contributed by atoms with van der Waals surface area (Å²) in [5, 5.41) is 0. The lowest BCUT2D eigenvalue weighted by atomic mass is 9.73. The maximum absolute atomic E-state index is 13.3. The smallest absolute Gasteiger partial charge is 0.410 e. The second-order valence-electron chi connectivity index (χ2n) is 10.9. The maximum Gasteiger partial charge on any atom is 0.415 e. The van der Waals surface area contributed by atoms with Crippen molar-refractivity contribution in [1.82, 2.24) is 9.80 Å². The molecule has 2 amide bonds. The van der Waals surface area contributed by atoms with Crippen molar-refractivity contribution in [3.05, 3.63) is 47.1 Å². The number of hydrogen-bond donors (Lipinski definition) is 0. The molecule has 2 heterocycles. The number of unbranched alkanes of at least 4 members (excludes halogenated alkanes) is 2. The topological polar surface area (TPSA) is 77.5 Å². The van der Waals surface area contributed by atoms with Crippen molar-refractivity contribution >= 4 is 12.2 Å². The van der Waals surface area contributed by atoms with Gasteiger partial charge in [-0.05, 0) is 63.1 Å². The highest BCUT2D eigenvalue weighted by atomic mass is 16.6. The molecule has 0 saturated carbocycles. The average Bonchev–Trinajstić information content (AvgIpc) is 2.94. The molecule has 8 heteroatoms. The van der Waals surface area contributed by atoms with E-state index in [-0.39, 0.29) is 11.8 Å². The van der Waals surface area contributed by atoms with E-state index in [0.717, 1.165) is 55.2 Å². The lowest BCUT2D eigenvalue weighted by molar-refractivity contribution is 0.0407. The maximum atomic E-state index is 13.3. The van der Waals surface area contributed by atoms with E-state index in [0.29, 0.717) is 64.1 Å². The molecule has 0 spiro atoms. The molecular weight excluding hydrogens is 496 g/mol. The Hall–Kier alpha value is -2.84. The first-order valence-corrected chi connectivity index (χ1v) is 14.5. The predicted octanol–water partition coefficient (Wildman–Crippen LogP) is 6.10. The van der Waals surface area contributed by atoms with Crippen LogP contribution in [0.4, 0.5) is 9.59 Å². The number of hydrogen-bond acceptors (Lipinski definition) is 6. The van der Waals surface area contributed by atoms with Crippen molar-refractivity contribution in [2.45, 2.75) is 65.2 Å². The van der Waals surface area contributed by atoms with Crippen LogP contribution in [-0.4, -0.2) is 74.6 Å². The standard InChI is InChI=1S/C31H44N2O6/c1-5-6-7-8-24-20-27(38-30(34)32-11-15-36-16-12-32)29(26-19-23(4)9-10-25(26)22(2)3)28(21-24)39-31(35)33-13-17-37-18-14-33/h19-21,25-26H,2,5-18H2,1,3-4H3/t25-,26+/m0/s1. The number of rotatable bonds is 8. The molecule has 0 N–H and O–H groups in total. The third kappa shape index (κ3) is 7.63. The van der Waals surface area contributed by atoms with Crippen molar-refractivity contribution < 1.29 is 28.5 Å². The lowest BCUT2D eigenvalue weighted by Gasteiger charge is -2.34. The van der Waals surface area contributed by atoms with Gasteiger partial charge in [0, 0.05) is 37.7 Å². The Morgan fingerprint density at radius 1 is 0.949 bits per heavy atom. The molecule has 2 aliphatic heterocycles. The van der Waals surface area contributed by atoms with Crippen molar-refractivity contribution in [2.24, 2.45) is 5.92 Å². The molecule has 0 unspecified atom stereocenters. The summed E-state index contributed by atoms with van der Waals surface area (Å²) < 4.78 is 23.2. The Balaban J connectivity index is 1.78. The molecule has 1 aromatic rings. The average molecular weight is 541 g/mol. The number of morpholine rings is 2. The molecule has 2 saturated heterocycles. The van der Waals surface area contributed by atoms with Crippen molar-refractivity contribution in [1.29, 1.82) is 0 Å². The van der Waals surface area contributed by atoms with Gasteiger partial charge in [0.2, 0.25) is 0 Å². The highest BCUT2D eigenvalue weighted by Crippen LogP contribution is 2.47. The van der Waals surface area contributed by atoms with E-state index in [1.54, 1.807) is 9.80 Å². The van der Waals surface area contributed by atoms with Gasteiger partial charge < -0.3 is 28.7 Å². The van der Waals surface area contributed by atoms with Crippen LogP contribution in [0.3, 0.4) is 0 Å². The molecule has 0 radical (unpaired) electrons. The van der Waals surface area contributed by atoms with Crippen LogP contribution in [0.15, 0.2) is 35.9 Å². The minimum Gasteiger partial charge on any atom is -0.410 e. The summed E-state index contributed by atoms with van der Waals surface area (Å²) in [5.41, 5.74) is 4.06. The zero-order valence-corrected chi connectivity index (χ0v) is 23.8. The van der Waals surface area contributed by atoms with Crippen molar-refractivity contribution in [2.75, 3.05) is 52.6 Å². The number of allylic oxidation sites excluding steroid dienone is 3. The van der Waals surface area contributed by atoms with Gasteiger partial charge in [0.25, 0.3) is 0 Å². The lowest BCUT2D eigenvalue weighted by Crippen LogP contribution is -2.42. The van der Waals surface area contributed by atoms with Crippen LogP contribution in [0.1, 0.15) is 69.9 Å². The molecule has 8 nitrogen and oxygen atoms in total. The molecule has 39 heavy (non-hydrogen) atoms. The van der Waals surface area contributed by atoms with Crippen LogP contribution in [0.25, 0.3) is 0 Å². The number of aryl methyl sites for hydroxylation is 1. The van der Waals surface area contributed by atoms with E-state index in [9.17, 15) is 9.59 Å². The number of carbonyl (C=O) groups is 2. The van der Waals surface area contributed by atoms with Crippen LogP contribution in [0, 0.1) is 5.92 Å². The highest BCUT2D eigenvalue weighted by Gasteiger charge is 2.34. The minimum atomic E-state index is -0.404. The van der Waals surface area contributed by atoms with Gasteiger partial charge in [-0.25, -0.2) is 9.59 Å². The Bertz CT molecular complexity index is 1000. The van der Waals surface area contributed by atoms with E-state index in [1.165, 1.54) is 5.57 Å². The number of nitrogens with zero attached hydrogens (tertiary/aromatic N) is 2. The molecule has 3 aliphatic rings. The monoisotopic (exact) mass is 540 g/mol. The predicted molar refractivity (Wildman–Crippen MR) is 151 cm³/mol. The van der Waals surface area contributed by atoms with Gasteiger partial charge in [-0.15, -0.1) is 0 Å². The summed E-state index contributed by atoms with van der Waals surface area (Å²) in [6.45, 7) is 14.5. The highest BCUT2D eigenvalue weighted by molar-refractivity contribution is 5.75. The SMILES string of the molecule is C=C(C)[C@@H]1CCC(C)=C[C@H]1c1c(OC(=O)N2CCOCC2)cc(CCCCC)cc1OC(=O)N1CCOCC1. The van der Waals surface area contributed by atoms with Crippen LogP contribution in [0.2, 0.25) is 0 Å². The largest absolute Gasteiger partial charge is 0.415 e. The zero-order valence-electron chi connectivity index (χ0n) is 23.8. The number of benzene rings is 1. The number of amides is 2. The fourth-order valence-electron chi connectivity index (χ4n) is 5.59. The van der Waals surface area contributed by atoms with Crippen molar-refractivity contribution in [3.63, 3.8) is 0 Å². The normalized spacial score (nSPS) is 21.8. The first-order chi connectivity index (χ1) is 18.9. The van der Waals surface area contributed by atoms with E-state index in [1.807, 2.05) is 19.1 Å². The molecule has 0 bridgehead atoms. The van der Waals surface area contributed by atoms with Gasteiger partial charge in [0.05, 0.1) is 26.4 Å². The van der Waals surface area contributed by atoms with Crippen LogP contribution in [-0.2, 0) is 15.9 Å². The third-order valence-corrected chi connectivity index (χ3v) is 7.88. The van der Waals surface area contributed by atoms with E-state index < -0.39 is 12.2 Å². The zero-order chi connectivity index (χ0) is 27.8. The summed E-state index contributed by atoms with van der Waals surface area (Å²) in [4.78, 5) is 30.0. The van der Waals surface area contributed by atoms with Crippen LogP contribution >= 0.6 is 0 Å². The fraction of sp³-hybridized carbons (Fsp3) is 0.613. The number of carbonyl (C=O) groups excluding carboxylic acids is 2. The Labute approximate surface area is 232 Å². The third-order valence-electron chi connectivity index (χ3n) is 7.88. The summed E-state index contributed by atoms with van der Waals surface area (Å²) >= 11 is 0. The molecule has 1 aromatic carbocycles. The van der Waals surface area contributed by atoms with Gasteiger partial charge in [-0.2, -0.15) is 0 Å². The molecule has 214 valence electrons. The Morgan fingerprint density at radius 2 is 1.49 bits per heavy atom. The molecule has 4 rings (SSSR count). The van der Waals surface area contributed by atoms with Gasteiger partial charge in [0.15, 0.2) is 0 Å². The van der Waals surface area contributed by atoms with Gasteiger partial charge >= 0.3 is 12.2 Å². The first kappa shape index (κ1) is 29.2. The molecular formula is C31H44N2O6.